The van der Waals surface area contributed by atoms with E-state index in [1.54, 1.807) is 12.3 Å². The Morgan fingerprint density at radius 2 is 2.38 bits per heavy atom. The first-order valence-corrected chi connectivity index (χ1v) is 4.72. The highest BCUT2D eigenvalue weighted by atomic mass is 127. The van der Waals surface area contributed by atoms with Crippen molar-refractivity contribution in [3.05, 3.63) is 30.1 Å². The van der Waals surface area contributed by atoms with Gasteiger partial charge in [0.15, 0.2) is 12.4 Å². The Bertz CT molecular complexity index is 388. The fraction of sp³-hybridized carbons (Fsp3) is 0.364. The number of nitrogens with zero attached hydrogens (tertiary/aromatic N) is 2. The van der Waals surface area contributed by atoms with E-state index in [1.165, 1.54) is 7.11 Å². The molecule has 0 amide bonds. The van der Waals surface area contributed by atoms with Crippen molar-refractivity contribution >= 4 is 5.97 Å². The highest BCUT2D eigenvalue weighted by Gasteiger charge is 2.05. The largest absolute Gasteiger partial charge is 1.00 e. The van der Waals surface area contributed by atoms with Crippen molar-refractivity contribution in [3.63, 3.8) is 0 Å². The predicted molar refractivity (Wildman–Crippen MR) is 52.6 cm³/mol. The van der Waals surface area contributed by atoms with Crippen molar-refractivity contribution in [1.82, 2.24) is 0 Å². The molecule has 0 spiro atoms. The Morgan fingerprint density at radius 1 is 1.62 bits per heavy atom. The van der Waals surface area contributed by atoms with Gasteiger partial charge in [0.05, 0.1) is 13.5 Å². The Hall–Kier alpha value is -1.16. The number of nitriles is 1. The van der Waals surface area contributed by atoms with Gasteiger partial charge in [-0.25, -0.2) is 4.57 Å². The van der Waals surface area contributed by atoms with Crippen LogP contribution in [0.15, 0.2) is 24.5 Å². The molecule has 0 saturated heterocycles. The molecule has 4 nitrogen and oxygen atoms in total. The summed E-state index contributed by atoms with van der Waals surface area (Å²) in [7, 11) is 1.38. The molecular formula is C11H13IN2O2. The van der Waals surface area contributed by atoms with Gasteiger partial charge in [-0.3, -0.25) is 4.79 Å². The van der Waals surface area contributed by atoms with E-state index in [-0.39, 0.29) is 29.9 Å². The lowest BCUT2D eigenvalue weighted by Gasteiger charge is -1.97. The summed E-state index contributed by atoms with van der Waals surface area (Å²) >= 11 is 0. The molecule has 0 bridgehead atoms. The Kier molecular flexibility index (Phi) is 7.46. The van der Waals surface area contributed by atoms with E-state index >= 15 is 0 Å². The third kappa shape index (κ3) is 5.07. The summed E-state index contributed by atoms with van der Waals surface area (Å²) in [5, 5.41) is 8.68. The average Bonchev–Trinajstić information content (AvgIpc) is 2.29. The average molecular weight is 332 g/mol. The van der Waals surface area contributed by atoms with Crippen LogP contribution < -0.4 is 28.5 Å². The number of rotatable bonds is 4. The summed E-state index contributed by atoms with van der Waals surface area (Å²) in [5.41, 5.74) is 0.621. The van der Waals surface area contributed by atoms with Crippen molar-refractivity contribution in [2.45, 2.75) is 19.4 Å². The SMILES string of the molecule is COC(=O)CCC[n+]1cccc(C#N)c1.[I-]. The second-order valence-electron chi connectivity index (χ2n) is 3.12. The number of pyridine rings is 1. The molecule has 0 fully saturated rings. The van der Waals surface area contributed by atoms with Crippen LogP contribution in [0.2, 0.25) is 0 Å². The second kappa shape index (κ2) is 8.05. The lowest BCUT2D eigenvalue weighted by Crippen LogP contribution is -3.00. The van der Waals surface area contributed by atoms with Crippen LogP contribution in [0.25, 0.3) is 0 Å². The molecular weight excluding hydrogens is 319 g/mol. The number of aromatic nitrogens is 1. The number of carbonyl (C=O) groups is 1. The maximum atomic E-state index is 10.8. The first-order valence-electron chi connectivity index (χ1n) is 4.72. The normalized spacial score (nSPS) is 8.75. The molecule has 0 aliphatic carbocycles. The molecule has 0 N–H and O–H groups in total. The standard InChI is InChI=1S/C11H13N2O2.HI/c1-15-11(14)5-3-7-13-6-2-4-10(8-12)9-13;/h2,4,6,9H,3,5,7H2,1H3;1H/q+1;/p-1. The monoisotopic (exact) mass is 332 g/mol. The quantitative estimate of drug-likeness (QED) is 0.357. The smallest absolute Gasteiger partial charge is 0.305 e. The summed E-state index contributed by atoms with van der Waals surface area (Å²) in [6.07, 6.45) is 4.75. The second-order valence-corrected chi connectivity index (χ2v) is 3.12. The van der Waals surface area contributed by atoms with Gasteiger partial charge in [0.25, 0.3) is 0 Å². The molecule has 0 aliphatic heterocycles. The van der Waals surface area contributed by atoms with Gasteiger partial charge >= 0.3 is 5.97 Å². The minimum atomic E-state index is -0.202. The molecule has 0 unspecified atom stereocenters. The van der Waals surface area contributed by atoms with Gasteiger partial charge in [0.2, 0.25) is 0 Å². The molecule has 5 heteroatoms. The zero-order valence-corrected chi connectivity index (χ0v) is 11.2. The van der Waals surface area contributed by atoms with Crippen molar-refractivity contribution in [2.24, 2.45) is 0 Å². The van der Waals surface area contributed by atoms with E-state index in [1.807, 2.05) is 16.8 Å². The maximum Gasteiger partial charge on any atom is 0.305 e. The topological polar surface area (TPSA) is 54.0 Å². The third-order valence-corrected chi connectivity index (χ3v) is 2.01. The molecule has 0 aromatic carbocycles. The molecule has 0 aliphatic rings. The van der Waals surface area contributed by atoms with E-state index in [9.17, 15) is 4.79 Å². The third-order valence-electron chi connectivity index (χ3n) is 2.01. The van der Waals surface area contributed by atoms with Crippen LogP contribution in [0.1, 0.15) is 18.4 Å². The molecule has 0 radical (unpaired) electrons. The van der Waals surface area contributed by atoms with E-state index in [0.29, 0.717) is 24.9 Å². The molecule has 1 heterocycles. The van der Waals surface area contributed by atoms with Gasteiger partial charge in [-0.1, -0.05) is 0 Å². The highest BCUT2D eigenvalue weighted by molar-refractivity contribution is 5.68. The summed E-state index contributed by atoms with van der Waals surface area (Å²) in [5.74, 6) is -0.202. The van der Waals surface area contributed by atoms with Crippen molar-refractivity contribution in [2.75, 3.05) is 7.11 Å². The number of carbonyl (C=O) groups excluding carboxylic acids is 1. The first kappa shape index (κ1) is 14.8. The highest BCUT2D eigenvalue weighted by Crippen LogP contribution is 1.94. The molecule has 0 atom stereocenters. The van der Waals surface area contributed by atoms with Crippen molar-refractivity contribution in [3.8, 4) is 6.07 Å². The summed E-state index contributed by atoms with van der Waals surface area (Å²) in [6.45, 7) is 0.713. The summed E-state index contributed by atoms with van der Waals surface area (Å²) < 4.78 is 6.42. The zero-order valence-electron chi connectivity index (χ0n) is 9.02. The number of hydrogen-bond acceptors (Lipinski definition) is 3. The van der Waals surface area contributed by atoms with E-state index in [0.717, 1.165) is 0 Å². The van der Waals surface area contributed by atoms with Crippen LogP contribution in [0.4, 0.5) is 0 Å². The van der Waals surface area contributed by atoms with Gasteiger partial charge in [-0.2, -0.15) is 5.26 Å². The first-order chi connectivity index (χ1) is 7.26. The van der Waals surface area contributed by atoms with Crippen molar-refractivity contribution in [1.29, 1.82) is 5.26 Å². The van der Waals surface area contributed by atoms with E-state index < -0.39 is 0 Å². The minimum absolute atomic E-state index is 0. The number of halogens is 1. The lowest BCUT2D eigenvalue weighted by molar-refractivity contribution is -0.697. The summed E-state index contributed by atoms with van der Waals surface area (Å²) in [4.78, 5) is 10.8. The number of esters is 1. The van der Waals surface area contributed by atoms with Crippen molar-refractivity contribution < 1.29 is 38.1 Å². The molecule has 1 rings (SSSR count). The number of methoxy groups -OCH3 is 1. The molecule has 16 heavy (non-hydrogen) atoms. The Morgan fingerprint density at radius 3 is 3.00 bits per heavy atom. The van der Waals surface area contributed by atoms with Crippen LogP contribution in [0.5, 0.6) is 0 Å². The summed E-state index contributed by atoms with van der Waals surface area (Å²) in [6, 6.07) is 5.63. The van der Waals surface area contributed by atoms with Crippen LogP contribution in [0.3, 0.4) is 0 Å². The van der Waals surface area contributed by atoms with Gasteiger partial charge in [-0.05, 0) is 6.07 Å². The number of hydrogen-bond donors (Lipinski definition) is 0. The van der Waals surface area contributed by atoms with Gasteiger partial charge in [0, 0.05) is 12.5 Å². The van der Waals surface area contributed by atoms with Gasteiger partial charge < -0.3 is 28.7 Å². The zero-order chi connectivity index (χ0) is 11.1. The minimum Gasteiger partial charge on any atom is -1.00 e. The molecule has 1 aromatic rings. The Labute approximate surface area is 112 Å². The number of ether oxygens (including phenoxy) is 1. The van der Waals surface area contributed by atoms with E-state index in [4.69, 9.17) is 5.26 Å². The van der Waals surface area contributed by atoms with Gasteiger partial charge in [0.1, 0.15) is 18.2 Å². The van der Waals surface area contributed by atoms with Crippen LogP contribution in [-0.4, -0.2) is 13.1 Å². The van der Waals surface area contributed by atoms with Gasteiger partial charge in [-0.15, -0.1) is 0 Å². The molecule has 0 saturated carbocycles. The van der Waals surface area contributed by atoms with E-state index in [2.05, 4.69) is 10.8 Å². The predicted octanol–water partition coefficient (Wildman–Crippen LogP) is -2.20. The van der Waals surface area contributed by atoms with Crippen LogP contribution in [-0.2, 0) is 16.1 Å². The number of aryl methyl sites for hydroxylation is 1. The lowest BCUT2D eigenvalue weighted by atomic mass is 10.3. The Balaban J connectivity index is 0.00000225. The molecule has 1 aromatic heterocycles. The fourth-order valence-corrected chi connectivity index (χ4v) is 1.24. The maximum absolute atomic E-state index is 10.8. The van der Waals surface area contributed by atoms with Crippen LogP contribution >= 0.6 is 0 Å². The molecule has 86 valence electrons. The fourth-order valence-electron chi connectivity index (χ4n) is 1.24. The van der Waals surface area contributed by atoms with Crippen LogP contribution in [0, 0.1) is 11.3 Å².